The number of rotatable bonds is 6. The SMILES string of the molecule is Cc1ccc(Cl)c(NCCOc2ccc(C(=O)O)cc2)c1. The molecule has 0 spiro atoms. The Labute approximate surface area is 128 Å². The molecule has 0 heterocycles. The number of carboxylic acid groups (broad SMARTS) is 1. The van der Waals surface area contributed by atoms with Crippen molar-refractivity contribution in [3.63, 3.8) is 0 Å². The number of nitrogens with one attached hydrogen (secondary N) is 1. The summed E-state index contributed by atoms with van der Waals surface area (Å²) < 4.78 is 5.53. The summed E-state index contributed by atoms with van der Waals surface area (Å²) in [5, 5.41) is 12.7. The minimum atomic E-state index is -0.947. The van der Waals surface area contributed by atoms with Crippen LogP contribution in [0.1, 0.15) is 15.9 Å². The molecule has 2 N–H and O–H groups in total. The van der Waals surface area contributed by atoms with Crippen molar-refractivity contribution in [1.82, 2.24) is 0 Å². The minimum Gasteiger partial charge on any atom is -0.492 e. The highest BCUT2D eigenvalue weighted by atomic mass is 35.5. The normalized spacial score (nSPS) is 10.2. The molecule has 0 saturated heterocycles. The number of halogens is 1. The molecule has 2 aromatic carbocycles. The Balaban J connectivity index is 1.81. The number of ether oxygens (including phenoxy) is 1. The first kappa shape index (κ1) is 15.2. The highest BCUT2D eigenvalue weighted by Gasteiger charge is 2.02. The van der Waals surface area contributed by atoms with E-state index in [1.54, 1.807) is 12.1 Å². The quantitative estimate of drug-likeness (QED) is 0.796. The smallest absolute Gasteiger partial charge is 0.335 e. The van der Waals surface area contributed by atoms with Gasteiger partial charge >= 0.3 is 5.97 Å². The molecule has 0 aliphatic rings. The lowest BCUT2D eigenvalue weighted by atomic mass is 10.2. The molecule has 21 heavy (non-hydrogen) atoms. The van der Waals surface area contributed by atoms with Crippen LogP contribution in [0.5, 0.6) is 5.75 Å². The van der Waals surface area contributed by atoms with E-state index in [1.165, 1.54) is 12.1 Å². The number of aromatic carboxylic acids is 1. The first-order chi connectivity index (χ1) is 10.1. The lowest BCUT2D eigenvalue weighted by molar-refractivity contribution is 0.0697. The van der Waals surface area contributed by atoms with Crippen molar-refractivity contribution < 1.29 is 14.6 Å². The second kappa shape index (κ2) is 6.99. The highest BCUT2D eigenvalue weighted by Crippen LogP contribution is 2.22. The average molecular weight is 306 g/mol. The summed E-state index contributed by atoms with van der Waals surface area (Å²) in [5.74, 6) is -0.311. The van der Waals surface area contributed by atoms with Crippen molar-refractivity contribution in [3.05, 3.63) is 58.6 Å². The molecule has 0 aromatic heterocycles. The molecule has 0 aliphatic carbocycles. The topological polar surface area (TPSA) is 58.6 Å². The molecule has 2 rings (SSSR count). The van der Waals surface area contributed by atoms with E-state index in [0.717, 1.165) is 11.3 Å². The number of carbonyl (C=O) groups is 1. The molecule has 0 fully saturated rings. The van der Waals surface area contributed by atoms with E-state index in [-0.39, 0.29) is 5.56 Å². The fourth-order valence-corrected chi connectivity index (χ4v) is 2.01. The maximum Gasteiger partial charge on any atom is 0.335 e. The van der Waals surface area contributed by atoms with Crippen molar-refractivity contribution >= 4 is 23.3 Å². The van der Waals surface area contributed by atoms with Gasteiger partial charge in [0.05, 0.1) is 16.3 Å². The molecule has 110 valence electrons. The van der Waals surface area contributed by atoms with Crippen molar-refractivity contribution in [1.29, 1.82) is 0 Å². The van der Waals surface area contributed by atoms with Crippen LogP contribution in [-0.4, -0.2) is 24.2 Å². The molecular formula is C16H16ClNO3. The Hall–Kier alpha value is -2.20. The molecule has 0 bridgehead atoms. The van der Waals surface area contributed by atoms with Gasteiger partial charge < -0.3 is 15.2 Å². The third-order valence-corrected chi connectivity index (χ3v) is 3.24. The molecular weight excluding hydrogens is 290 g/mol. The second-order valence-corrected chi connectivity index (χ2v) is 5.00. The number of carboxylic acids is 1. The Bertz CT molecular complexity index is 626. The van der Waals surface area contributed by atoms with Gasteiger partial charge in [-0.05, 0) is 48.9 Å². The second-order valence-electron chi connectivity index (χ2n) is 4.59. The van der Waals surface area contributed by atoms with Gasteiger partial charge in [-0.25, -0.2) is 4.79 Å². The van der Waals surface area contributed by atoms with E-state index in [0.29, 0.717) is 23.9 Å². The maximum absolute atomic E-state index is 10.7. The van der Waals surface area contributed by atoms with Gasteiger partial charge in [-0.15, -0.1) is 0 Å². The van der Waals surface area contributed by atoms with Gasteiger partial charge in [-0.1, -0.05) is 17.7 Å². The average Bonchev–Trinajstić information content (AvgIpc) is 2.47. The van der Waals surface area contributed by atoms with E-state index >= 15 is 0 Å². The zero-order valence-electron chi connectivity index (χ0n) is 11.6. The fraction of sp³-hybridized carbons (Fsp3) is 0.188. The molecule has 4 nitrogen and oxygen atoms in total. The molecule has 2 aromatic rings. The van der Waals surface area contributed by atoms with Crippen molar-refractivity contribution in [2.75, 3.05) is 18.5 Å². The molecule has 5 heteroatoms. The lowest BCUT2D eigenvalue weighted by Gasteiger charge is -2.10. The van der Waals surface area contributed by atoms with Crippen LogP contribution in [0.2, 0.25) is 5.02 Å². The third kappa shape index (κ3) is 4.39. The van der Waals surface area contributed by atoms with Crippen LogP contribution in [0.3, 0.4) is 0 Å². The first-order valence-electron chi connectivity index (χ1n) is 6.52. The molecule has 0 aliphatic heterocycles. The Morgan fingerprint density at radius 3 is 2.62 bits per heavy atom. The summed E-state index contributed by atoms with van der Waals surface area (Å²) in [6.45, 7) is 3.06. The fourth-order valence-electron chi connectivity index (χ4n) is 1.82. The number of hydrogen-bond acceptors (Lipinski definition) is 3. The Morgan fingerprint density at radius 1 is 1.24 bits per heavy atom. The predicted octanol–water partition coefficient (Wildman–Crippen LogP) is 3.84. The van der Waals surface area contributed by atoms with E-state index in [2.05, 4.69) is 5.32 Å². The highest BCUT2D eigenvalue weighted by molar-refractivity contribution is 6.33. The minimum absolute atomic E-state index is 0.243. The van der Waals surface area contributed by atoms with E-state index < -0.39 is 5.97 Å². The van der Waals surface area contributed by atoms with Gasteiger partial charge in [0.2, 0.25) is 0 Å². The van der Waals surface area contributed by atoms with E-state index in [1.807, 2.05) is 25.1 Å². The van der Waals surface area contributed by atoms with Gasteiger partial charge in [0, 0.05) is 6.54 Å². The van der Waals surface area contributed by atoms with Crippen LogP contribution in [-0.2, 0) is 0 Å². The standard InChI is InChI=1S/C16H16ClNO3/c1-11-2-7-14(17)15(10-11)18-8-9-21-13-5-3-12(4-6-13)16(19)20/h2-7,10,18H,8-9H2,1H3,(H,19,20). The summed E-state index contributed by atoms with van der Waals surface area (Å²) in [6.07, 6.45) is 0. The van der Waals surface area contributed by atoms with Gasteiger partial charge in [0.15, 0.2) is 0 Å². The zero-order valence-corrected chi connectivity index (χ0v) is 12.4. The molecule has 0 radical (unpaired) electrons. The molecule has 0 unspecified atom stereocenters. The maximum atomic E-state index is 10.7. The van der Waals surface area contributed by atoms with Crippen LogP contribution in [0.25, 0.3) is 0 Å². The van der Waals surface area contributed by atoms with Crippen molar-refractivity contribution in [3.8, 4) is 5.75 Å². The monoisotopic (exact) mass is 305 g/mol. The zero-order chi connectivity index (χ0) is 15.2. The number of aryl methyl sites for hydroxylation is 1. The molecule has 0 atom stereocenters. The summed E-state index contributed by atoms with van der Waals surface area (Å²) in [4.78, 5) is 10.7. The lowest BCUT2D eigenvalue weighted by Crippen LogP contribution is -2.12. The van der Waals surface area contributed by atoms with Gasteiger partial charge in [-0.3, -0.25) is 0 Å². The predicted molar refractivity (Wildman–Crippen MR) is 83.6 cm³/mol. The van der Waals surface area contributed by atoms with Crippen molar-refractivity contribution in [2.24, 2.45) is 0 Å². The van der Waals surface area contributed by atoms with Gasteiger partial charge in [0.1, 0.15) is 12.4 Å². The summed E-state index contributed by atoms with van der Waals surface area (Å²) in [5.41, 5.74) is 2.25. The Kier molecular flexibility index (Phi) is 5.06. The Morgan fingerprint density at radius 2 is 1.95 bits per heavy atom. The number of anilines is 1. The van der Waals surface area contributed by atoms with Crippen LogP contribution < -0.4 is 10.1 Å². The third-order valence-electron chi connectivity index (χ3n) is 2.91. The van der Waals surface area contributed by atoms with Crippen LogP contribution in [0, 0.1) is 6.92 Å². The number of hydrogen-bond donors (Lipinski definition) is 2. The van der Waals surface area contributed by atoms with E-state index in [9.17, 15) is 4.79 Å². The van der Waals surface area contributed by atoms with Crippen molar-refractivity contribution in [2.45, 2.75) is 6.92 Å². The number of benzene rings is 2. The summed E-state index contributed by atoms with van der Waals surface area (Å²) in [7, 11) is 0. The van der Waals surface area contributed by atoms with E-state index in [4.69, 9.17) is 21.4 Å². The van der Waals surface area contributed by atoms with Crippen LogP contribution in [0.4, 0.5) is 5.69 Å². The van der Waals surface area contributed by atoms with Crippen LogP contribution >= 0.6 is 11.6 Å². The summed E-state index contributed by atoms with van der Waals surface area (Å²) in [6, 6.07) is 12.1. The van der Waals surface area contributed by atoms with Crippen LogP contribution in [0.15, 0.2) is 42.5 Å². The van der Waals surface area contributed by atoms with Gasteiger partial charge in [-0.2, -0.15) is 0 Å². The first-order valence-corrected chi connectivity index (χ1v) is 6.90. The molecule has 0 amide bonds. The van der Waals surface area contributed by atoms with Gasteiger partial charge in [0.25, 0.3) is 0 Å². The summed E-state index contributed by atoms with van der Waals surface area (Å²) >= 11 is 6.08. The largest absolute Gasteiger partial charge is 0.492 e. The molecule has 0 saturated carbocycles.